The average molecular weight is 262 g/mol. The number of nitrogens with zero attached hydrogens (tertiary/aromatic N) is 1. The second-order valence-electron chi connectivity index (χ2n) is 4.66. The van der Waals surface area contributed by atoms with Crippen molar-refractivity contribution in [3.63, 3.8) is 0 Å². The van der Waals surface area contributed by atoms with Crippen LogP contribution in [0.1, 0.15) is 25.3 Å². The molecule has 0 heterocycles. The van der Waals surface area contributed by atoms with Gasteiger partial charge in [-0.2, -0.15) is 5.26 Å². The molecule has 0 saturated carbocycles. The van der Waals surface area contributed by atoms with E-state index in [0.29, 0.717) is 5.92 Å². The zero-order chi connectivity index (χ0) is 13.9. The number of benzene rings is 1. The zero-order valence-corrected chi connectivity index (χ0v) is 11.4. The topological polar surface area (TPSA) is 65.3 Å². The van der Waals surface area contributed by atoms with Gasteiger partial charge in [-0.25, -0.2) is 0 Å². The number of aliphatic hydroxyl groups is 1. The van der Waals surface area contributed by atoms with E-state index in [1.165, 1.54) is 0 Å². The van der Waals surface area contributed by atoms with E-state index in [0.717, 1.165) is 37.2 Å². The van der Waals surface area contributed by atoms with E-state index in [9.17, 15) is 0 Å². The standard InChI is InChI=1S/C15H22N2O2/c1-13(12-18)5-4-9-17-11-14-6-2-3-7-15(14)19-10-8-16/h2-3,6-7,13,17-18H,4-5,9-12H2,1H3. The first-order valence-corrected chi connectivity index (χ1v) is 6.67. The van der Waals surface area contributed by atoms with Crippen LogP contribution in [0.3, 0.4) is 0 Å². The molecular formula is C15H22N2O2. The summed E-state index contributed by atoms with van der Waals surface area (Å²) < 4.78 is 5.36. The zero-order valence-electron chi connectivity index (χ0n) is 11.4. The highest BCUT2D eigenvalue weighted by atomic mass is 16.5. The van der Waals surface area contributed by atoms with Gasteiger partial charge < -0.3 is 15.2 Å². The van der Waals surface area contributed by atoms with Crippen molar-refractivity contribution in [2.24, 2.45) is 5.92 Å². The molecule has 1 aromatic rings. The summed E-state index contributed by atoms with van der Waals surface area (Å²) in [6.45, 7) is 4.02. The number of hydrogen-bond donors (Lipinski definition) is 2. The molecule has 4 heteroatoms. The van der Waals surface area contributed by atoms with Gasteiger partial charge in [0.2, 0.25) is 0 Å². The molecule has 0 aromatic heterocycles. The van der Waals surface area contributed by atoms with Gasteiger partial charge >= 0.3 is 0 Å². The Morgan fingerprint density at radius 1 is 1.42 bits per heavy atom. The highest BCUT2D eigenvalue weighted by Crippen LogP contribution is 2.17. The Balaban J connectivity index is 2.30. The molecule has 0 fully saturated rings. The third kappa shape index (κ3) is 6.23. The van der Waals surface area contributed by atoms with Crippen LogP contribution in [0.5, 0.6) is 5.75 Å². The van der Waals surface area contributed by atoms with Crippen molar-refractivity contribution >= 4 is 0 Å². The van der Waals surface area contributed by atoms with E-state index in [4.69, 9.17) is 15.1 Å². The number of para-hydroxylation sites is 1. The maximum atomic E-state index is 8.92. The number of hydrogen-bond acceptors (Lipinski definition) is 4. The first kappa shape index (κ1) is 15.5. The fourth-order valence-electron chi connectivity index (χ4n) is 1.79. The Kier molecular flexibility index (Phi) is 7.64. The second-order valence-corrected chi connectivity index (χ2v) is 4.66. The highest BCUT2D eigenvalue weighted by Gasteiger charge is 2.03. The number of nitriles is 1. The molecule has 0 radical (unpaired) electrons. The molecule has 0 aliphatic heterocycles. The molecule has 0 aliphatic carbocycles. The molecule has 1 aromatic carbocycles. The summed E-state index contributed by atoms with van der Waals surface area (Å²) in [4.78, 5) is 0. The van der Waals surface area contributed by atoms with Gasteiger partial charge in [0, 0.05) is 18.7 Å². The van der Waals surface area contributed by atoms with E-state index in [-0.39, 0.29) is 13.2 Å². The Labute approximate surface area is 115 Å². The van der Waals surface area contributed by atoms with Crippen molar-refractivity contribution < 1.29 is 9.84 Å². The van der Waals surface area contributed by atoms with Crippen LogP contribution in [0.15, 0.2) is 24.3 Å². The lowest BCUT2D eigenvalue weighted by Gasteiger charge is -2.11. The minimum atomic E-state index is 0.0744. The maximum Gasteiger partial charge on any atom is 0.174 e. The number of rotatable bonds is 9. The molecule has 19 heavy (non-hydrogen) atoms. The van der Waals surface area contributed by atoms with Gasteiger partial charge in [-0.15, -0.1) is 0 Å². The van der Waals surface area contributed by atoms with E-state index in [1.807, 2.05) is 37.3 Å². The van der Waals surface area contributed by atoms with Crippen molar-refractivity contribution in [3.05, 3.63) is 29.8 Å². The van der Waals surface area contributed by atoms with Gasteiger partial charge in [0.15, 0.2) is 6.61 Å². The van der Waals surface area contributed by atoms with Crippen LogP contribution < -0.4 is 10.1 Å². The Morgan fingerprint density at radius 2 is 2.21 bits per heavy atom. The third-order valence-corrected chi connectivity index (χ3v) is 2.94. The number of ether oxygens (including phenoxy) is 1. The smallest absolute Gasteiger partial charge is 0.174 e. The predicted octanol–water partition coefficient (Wildman–Crippen LogP) is 2.09. The first-order chi connectivity index (χ1) is 9.27. The lowest BCUT2D eigenvalue weighted by atomic mass is 10.1. The lowest BCUT2D eigenvalue weighted by Crippen LogP contribution is -2.16. The monoisotopic (exact) mass is 262 g/mol. The molecule has 1 atom stereocenters. The summed E-state index contributed by atoms with van der Waals surface area (Å²) in [5.74, 6) is 1.13. The molecule has 0 saturated heterocycles. The summed E-state index contributed by atoms with van der Waals surface area (Å²) in [7, 11) is 0. The Hall–Kier alpha value is -1.57. The van der Waals surface area contributed by atoms with Gasteiger partial charge in [-0.05, 0) is 31.4 Å². The fourth-order valence-corrected chi connectivity index (χ4v) is 1.79. The van der Waals surface area contributed by atoms with Crippen LogP contribution in [0.4, 0.5) is 0 Å². The van der Waals surface area contributed by atoms with Crippen molar-refractivity contribution in [1.82, 2.24) is 5.32 Å². The van der Waals surface area contributed by atoms with Crippen LogP contribution >= 0.6 is 0 Å². The van der Waals surface area contributed by atoms with Gasteiger partial charge in [0.1, 0.15) is 11.8 Å². The fraction of sp³-hybridized carbons (Fsp3) is 0.533. The summed E-state index contributed by atoms with van der Waals surface area (Å²) in [5.41, 5.74) is 1.06. The molecule has 0 aliphatic rings. The van der Waals surface area contributed by atoms with Crippen molar-refractivity contribution in [2.75, 3.05) is 19.8 Å². The maximum absolute atomic E-state index is 8.92. The van der Waals surface area contributed by atoms with Gasteiger partial charge in [0.25, 0.3) is 0 Å². The molecular weight excluding hydrogens is 240 g/mol. The van der Waals surface area contributed by atoms with Crippen molar-refractivity contribution in [2.45, 2.75) is 26.3 Å². The van der Waals surface area contributed by atoms with Gasteiger partial charge in [-0.1, -0.05) is 25.1 Å². The summed E-state index contributed by atoms with van der Waals surface area (Å²) >= 11 is 0. The van der Waals surface area contributed by atoms with Crippen LogP contribution in [-0.4, -0.2) is 24.9 Å². The quantitative estimate of drug-likeness (QED) is 0.669. The van der Waals surface area contributed by atoms with Crippen LogP contribution in [0.2, 0.25) is 0 Å². The molecule has 2 N–H and O–H groups in total. The van der Waals surface area contributed by atoms with E-state index < -0.39 is 0 Å². The minimum Gasteiger partial charge on any atom is -0.478 e. The lowest BCUT2D eigenvalue weighted by molar-refractivity contribution is 0.228. The minimum absolute atomic E-state index is 0.0744. The number of nitrogens with one attached hydrogen (secondary N) is 1. The summed E-state index contributed by atoms with van der Waals surface area (Å²) in [6.07, 6.45) is 2.07. The van der Waals surface area contributed by atoms with Gasteiger partial charge in [0.05, 0.1) is 0 Å². The van der Waals surface area contributed by atoms with Crippen molar-refractivity contribution in [3.8, 4) is 11.8 Å². The second kappa shape index (κ2) is 9.37. The van der Waals surface area contributed by atoms with Gasteiger partial charge in [-0.3, -0.25) is 0 Å². The largest absolute Gasteiger partial charge is 0.478 e. The van der Waals surface area contributed by atoms with Crippen LogP contribution in [-0.2, 0) is 6.54 Å². The predicted molar refractivity (Wildman–Crippen MR) is 74.7 cm³/mol. The highest BCUT2D eigenvalue weighted by molar-refractivity contribution is 5.33. The van der Waals surface area contributed by atoms with Crippen molar-refractivity contribution in [1.29, 1.82) is 5.26 Å². The third-order valence-electron chi connectivity index (χ3n) is 2.94. The van der Waals surface area contributed by atoms with Crippen LogP contribution in [0, 0.1) is 17.2 Å². The molecule has 1 rings (SSSR count). The van der Waals surface area contributed by atoms with Crippen LogP contribution in [0.25, 0.3) is 0 Å². The average Bonchev–Trinajstić information content (AvgIpc) is 2.45. The molecule has 0 amide bonds. The first-order valence-electron chi connectivity index (χ1n) is 6.67. The molecule has 4 nitrogen and oxygen atoms in total. The normalized spacial score (nSPS) is 11.8. The van der Waals surface area contributed by atoms with E-state index in [1.54, 1.807) is 0 Å². The number of aliphatic hydroxyl groups excluding tert-OH is 1. The molecule has 0 spiro atoms. The van der Waals surface area contributed by atoms with E-state index >= 15 is 0 Å². The SMILES string of the molecule is CC(CO)CCCNCc1ccccc1OCC#N. The molecule has 0 bridgehead atoms. The summed E-state index contributed by atoms with van der Waals surface area (Å²) in [6, 6.07) is 9.71. The molecule has 1 unspecified atom stereocenters. The Morgan fingerprint density at radius 3 is 2.95 bits per heavy atom. The van der Waals surface area contributed by atoms with E-state index in [2.05, 4.69) is 5.32 Å². The molecule has 104 valence electrons. The summed E-state index contributed by atoms with van der Waals surface area (Å²) in [5, 5.41) is 20.8. The Bertz CT molecular complexity index is 401.